The average molecular weight is 529 g/mol. The lowest BCUT2D eigenvalue weighted by Gasteiger charge is -2.34. The Bertz CT molecular complexity index is 1360. The third-order valence-electron chi connectivity index (χ3n) is 5.78. The Hall–Kier alpha value is -3.40. The number of anilines is 1. The summed E-state index contributed by atoms with van der Waals surface area (Å²) in [7, 11) is -2.81. The molecule has 0 fully saturated rings. The molecule has 1 aliphatic rings. The number of aryl methyl sites for hydroxylation is 1. The van der Waals surface area contributed by atoms with Crippen molar-refractivity contribution in [2.24, 2.45) is 0 Å². The molecule has 0 aliphatic carbocycles. The fourth-order valence-electron chi connectivity index (χ4n) is 3.84. The highest BCUT2D eigenvalue weighted by molar-refractivity contribution is 7.89. The van der Waals surface area contributed by atoms with E-state index in [9.17, 15) is 18.0 Å². The number of para-hydroxylation sites is 2. The minimum Gasteiger partial charge on any atom is -0.475 e. The molecule has 0 bridgehead atoms. The molecule has 10 heteroatoms. The molecule has 36 heavy (non-hydrogen) atoms. The minimum absolute atomic E-state index is 0.0501. The summed E-state index contributed by atoms with van der Waals surface area (Å²) < 4.78 is 38.9. The summed E-state index contributed by atoms with van der Waals surface area (Å²) in [5, 5.41) is 0.515. The molecule has 1 aliphatic heterocycles. The van der Waals surface area contributed by atoms with Crippen LogP contribution in [-0.2, 0) is 30.9 Å². The van der Waals surface area contributed by atoms with Crippen molar-refractivity contribution in [3.8, 4) is 5.75 Å². The van der Waals surface area contributed by atoms with Crippen molar-refractivity contribution in [3.63, 3.8) is 0 Å². The Labute approximate surface area is 215 Å². The first-order valence-electron chi connectivity index (χ1n) is 11.1. The number of ether oxygens (including phenoxy) is 2. The van der Waals surface area contributed by atoms with Crippen LogP contribution in [0.3, 0.4) is 0 Å². The molecule has 0 spiro atoms. The average Bonchev–Trinajstić information content (AvgIpc) is 2.88. The molecule has 0 radical (unpaired) electrons. The Morgan fingerprint density at radius 3 is 2.39 bits per heavy atom. The summed E-state index contributed by atoms with van der Waals surface area (Å²) in [6.07, 6.45) is -1.03. The summed E-state index contributed by atoms with van der Waals surface area (Å²) in [5.74, 6) is -0.810. The van der Waals surface area contributed by atoms with Crippen molar-refractivity contribution < 1.29 is 27.5 Å². The second kappa shape index (κ2) is 10.7. The lowest BCUT2D eigenvalue weighted by Crippen LogP contribution is -2.50. The number of halogens is 1. The molecule has 0 saturated carbocycles. The molecule has 0 saturated heterocycles. The number of nitrogens with zero attached hydrogens (tertiary/aromatic N) is 2. The third kappa shape index (κ3) is 5.53. The summed E-state index contributed by atoms with van der Waals surface area (Å²) in [6, 6.07) is 19.9. The number of fused-ring (bicyclic) bond motifs is 1. The molecule has 4 rings (SSSR count). The van der Waals surface area contributed by atoms with Crippen molar-refractivity contribution in [3.05, 3.63) is 88.9 Å². The van der Waals surface area contributed by atoms with E-state index in [0.717, 1.165) is 9.87 Å². The molecule has 1 atom stereocenters. The lowest BCUT2D eigenvalue weighted by molar-refractivity contribution is -0.148. The van der Waals surface area contributed by atoms with Crippen LogP contribution in [-0.4, -0.2) is 50.9 Å². The van der Waals surface area contributed by atoms with Gasteiger partial charge in [-0.1, -0.05) is 53.6 Å². The highest BCUT2D eigenvalue weighted by atomic mass is 35.5. The molecule has 0 N–H and O–H groups in total. The number of methoxy groups -OCH3 is 1. The van der Waals surface area contributed by atoms with Crippen LogP contribution in [0.15, 0.2) is 77.7 Å². The van der Waals surface area contributed by atoms with Gasteiger partial charge in [-0.25, -0.2) is 13.2 Å². The monoisotopic (exact) mass is 528 g/mol. The van der Waals surface area contributed by atoms with E-state index in [1.54, 1.807) is 60.7 Å². The zero-order valence-electron chi connectivity index (χ0n) is 19.8. The number of benzene rings is 3. The van der Waals surface area contributed by atoms with E-state index < -0.39 is 34.5 Å². The fourth-order valence-corrected chi connectivity index (χ4v) is 5.34. The van der Waals surface area contributed by atoms with Crippen LogP contribution in [0, 0.1) is 6.92 Å². The Morgan fingerprint density at radius 1 is 1.06 bits per heavy atom. The summed E-state index contributed by atoms with van der Waals surface area (Å²) in [4.78, 5) is 27.2. The molecule has 1 heterocycles. The molecule has 0 unspecified atom stereocenters. The number of esters is 1. The molecule has 3 aromatic rings. The Balaban J connectivity index is 1.68. The largest absolute Gasteiger partial charge is 0.475 e. The smallest absolute Gasteiger partial charge is 0.348 e. The molecule has 8 nitrogen and oxygen atoms in total. The van der Waals surface area contributed by atoms with Gasteiger partial charge in [-0.3, -0.25) is 4.79 Å². The zero-order valence-corrected chi connectivity index (χ0v) is 21.3. The van der Waals surface area contributed by atoms with Crippen molar-refractivity contribution in [1.29, 1.82) is 0 Å². The molecular formula is C26H25ClN2O6S. The zero-order chi connectivity index (χ0) is 25.9. The maximum Gasteiger partial charge on any atom is 0.348 e. The molecule has 3 aromatic carbocycles. The van der Waals surface area contributed by atoms with Crippen LogP contribution in [0.4, 0.5) is 5.69 Å². The van der Waals surface area contributed by atoms with E-state index in [-0.39, 0.29) is 18.0 Å². The van der Waals surface area contributed by atoms with Gasteiger partial charge < -0.3 is 14.4 Å². The van der Waals surface area contributed by atoms with Crippen LogP contribution < -0.4 is 9.64 Å². The van der Waals surface area contributed by atoms with E-state index in [1.165, 1.54) is 24.1 Å². The topological polar surface area (TPSA) is 93.2 Å². The van der Waals surface area contributed by atoms with E-state index in [4.69, 9.17) is 21.1 Å². The number of amides is 1. The number of carbonyl (C=O) groups is 2. The number of carbonyl (C=O) groups excluding carboxylic acids is 2. The van der Waals surface area contributed by atoms with E-state index in [1.807, 2.05) is 6.92 Å². The van der Waals surface area contributed by atoms with Gasteiger partial charge in [-0.15, -0.1) is 0 Å². The van der Waals surface area contributed by atoms with Crippen LogP contribution in [0.2, 0.25) is 5.02 Å². The highest BCUT2D eigenvalue weighted by Crippen LogP contribution is 2.34. The fraction of sp³-hybridized carbons (Fsp3) is 0.231. The van der Waals surface area contributed by atoms with E-state index in [2.05, 4.69) is 0 Å². The second-order valence-corrected chi connectivity index (χ2v) is 10.7. The SMILES string of the molecule is COC(=O)[C@H]1CN(C(=O)CN(Cc2ccc(Cl)cc2)S(=O)(=O)c2ccc(C)cc2)c2ccccc2O1. The third-order valence-corrected chi connectivity index (χ3v) is 7.84. The summed E-state index contributed by atoms with van der Waals surface area (Å²) >= 11 is 5.99. The van der Waals surface area contributed by atoms with Crippen molar-refractivity contribution in [1.82, 2.24) is 4.31 Å². The van der Waals surface area contributed by atoms with Crippen LogP contribution in [0.5, 0.6) is 5.75 Å². The van der Waals surface area contributed by atoms with Crippen LogP contribution >= 0.6 is 11.6 Å². The maximum absolute atomic E-state index is 13.6. The summed E-state index contributed by atoms with van der Waals surface area (Å²) in [5.41, 5.74) is 2.02. The first kappa shape index (κ1) is 25.7. The van der Waals surface area contributed by atoms with Gasteiger partial charge in [0.15, 0.2) is 0 Å². The van der Waals surface area contributed by atoms with Gasteiger partial charge in [-0.2, -0.15) is 4.31 Å². The normalized spacial score (nSPS) is 15.2. The van der Waals surface area contributed by atoms with E-state index >= 15 is 0 Å². The Morgan fingerprint density at radius 2 is 1.72 bits per heavy atom. The van der Waals surface area contributed by atoms with Crippen molar-refractivity contribution >= 4 is 39.2 Å². The predicted molar refractivity (Wildman–Crippen MR) is 135 cm³/mol. The number of rotatable bonds is 7. The van der Waals surface area contributed by atoms with Gasteiger partial charge in [-0.05, 0) is 48.9 Å². The first-order chi connectivity index (χ1) is 17.2. The Kier molecular flexibility index (Phi) is 7.63. The number of hydrogen-bond acceptors (Lipinski definition) is 6. The molecule has 0 aromatic heterocycles. The summed E-state index contributed by atoms with van der Waals surface area (Å²) in [6.45, 7) is 1.24. The quantitative estimate of drug-likeness (QED) is 0.433. The predicted octanol–water partition coefficient (Wildman–Crippen LogP) is 3.81. The number of hydrogen-bond donors (Lipinski definition) is 0. The highest BCUT2D eigenvalue weighted by Gasteiger charge is 2.36. The molecular weight excluding hydrogens is 504 g/mol. The first-order valence-corrected chi connectivity index (χ1v) is 13.0. The van der Waals surface area contributed by atoms with Crippen molar-refractivity contribution in [2.45, 2.75) is 24.5 Å². The minimum atomic E-state index is -4.04. The van der Waals surface area contributed by atoms with Gasteiger partial charge in [0.05, 0.1) is 30.8 Å². The van der Waals surface area contributed by atoms with Gasteiger partial charge >= 0.3 is 5.97 Å². The van der Waals surface area contributed by atoms with Crippen LogP contribution in [0.25, 0.3) is 0 Å². The van der Waals surface area contributed by atoms with Crippen molar-refractivity contribution in [2.75, 3.05) is 25.1 Å². The maximum atomic E-state index is 13.6. The van der Waals surface area contributed by atoms with Gasteiger partial charge in [0.1, 0.15) is 5.75 Å². The van der Waals surface area contributed by atoms with Gasteiger partial charge in [0, 0.05) is 11.6 Å². The lowest BCUT2D eigenvalue weighted by atomic mass is 10.2. The second-order valence-electron chi connectivity index (χ2n) is 8.31. The molecule has 1 amide bonds. The molecule has 188 valence electrons. The standard InChI is InChI=1S/C26H25ClN2O6S/c1-18-7-13-21(14-8-18)36(32,33)28(15-19-9-11-20(27)12-10-19)17-25(30)29-16-24(26(31)34-2)35-23-6-4-3-5-22(23)29/h3-14,24H,15-17H2,1-2H3/t24-/m1/s1. The van der Waals surface area contributed by atoms with Gasteiger partial charge in [0.25, 0.3) is 0 Å². The van der Waals surface area contributed by atoms with Crippen LogP contribution in [0.1, 0.15) is 11.1 Å². The van der Waals surface area contributed by atoms with Gasteiger partial charge in [0.2, 0.25) is 22.0 Å². The van der Waals surface area contributed by atoms with E-state index in [0.29, 0.717) is 22.0 Å². The number of sulfonamides is 1.